The second-order valence-corrected chi connectivity index (χ2v) is 12.4. The molecule has 0 bridgehead atoms. The maximum atomic E-state index is 14.4. The van der Waals surface area contributed by atoms with Gasteiger partial charge in [-0.05, 0) is 67.4 Å². The minimum absolute atomic E-state index is 0.0555. The molecule has 4 atom stereocenters. The summed E-state index contributed by atoms with van der Waals surface area (Å²) in [6.07, 6.45) is 0.0829. The average molecular weight is 615 g/mol. The number of primary amides is 1. The minimum Gasteiger partial charge on any atom is -0.508 e. The van der Waals surface area contributed by atoms with Gasteiger partial charge in [-0.25, -0.2) is 0 Å². The van der Waals surface area contributed by atoms with Crippen molar-refractivity contribution in [2.45, 2.75) is 38.0 Å². The van der Waals surface area contributed by atoms with Gasteiger partial charge in [-0.2, -0.15) is 5.26 Å². The van der Waals surface area contributed by atoms with E-state index in [1.165, 1.54) is 11.8 Å². The number of phenols is 1. The molecule has 2 aromatic rings. The first kappa shape index (κ1) is 31.4. The lowest BCUT2D eigenvalue weighted by Gasteiger charge is -2.57. The molecule has 0 unspecified atom stereocenters. The fraction of sp³-hybridized carbons (Fsp3) is 0.375. The number of nitrogens with one attached hydrogen (secondary N) is 1. The highest BCUT2D eigenvalue weighted by molar-refractivity contribution is 6.23. The number of rotatable bonds is 7. The summed E-state index contributed by atoms with van der Waals surface area (Å²) in [6, 6.07) is 9.38. The van der Waals surface area contributed by atoms with Crippen molar-refractivity contribution in [1.82, 2.24) is 4.90 Å². The van der Waals surface area contributed by atoms with Crippen LogP contribution in [0.5, 0.6) is 5.75 Å². The van der Waals surface area contributed by atoms with Gasteiger partial charge in [-0.3, -0.25) is 19.3 Å². The van der Waals surface area contributed by atoms with Crippen molar-refractivity contribution in [2.24, 2.45) is 22.2 Å². The highest BCUT2D eigenvalue weighted by Crippen LogP contribution is 2.61. The van der Waals surface area contributed by atoms with Crippen LogP contribution in [0.2, 0.25) is 0 Å². The van der Waals surface area contributed by atoms with E-state index in [-0.39, 0.29) is 42.0 Å². The number of carbonyl (C=O) groups excluding carboxylic acids is 3. The standard InChI is InChI=1S/C32H34N6O7/c1-31-12-17-10-18-20(37(2)3)11-19(35-14-16-8-6-15(13-33)7-9-16)24(39)22(18)25(40)21(17)27(36-45)32(31,44)29(42)23(30(34)43)26(41)28(31)38(4)5/h6-9,11,17,28,35,39,42,44H,10,12,14H2,1-5H3,(H2,34,43)/t17-,28+,31-,32-/m0/s1. The second kappa shape index (κ2) is 10.8. The molecule has 0 saturated carbocycles. The number of hydrogen-bond donors (Lipinski definition) is 5. The number of amides is 1. The van der Waals surface area contributed by atoms with E-state index >= 15 is 0 Å². The molecular weight excluding hydrogens is 580 g/mol. The molecule has 3 aliphatic rings. The number of nitrogens with zero attached hydrogens (tertiary/aromatic N) is 4. The molecule has 13 nitrogen and oxygen atoms in total. The number of fused-ring (bicyclic) bond motifs is 3. The van der Waals surface area contributed by atoms with Gasteiger partial charge in [-0.1, -0.05) is 19.1 Å². The number of benzene rings is 2. The summed E-state index contributed by atoms with van der Waals surface area (Å²) < 4.78 is 0. The van der Waals surface area contributed by atoms with Gasteiger partial charge < -0.3 is 31.3 Å². The number of phenolic OH excluding ortho intramolecular Hbond substituents is 1. The number of aromatic hydroxyl groups is 1. The summed E-state index contributed by atoms with van der Waals surface area (Å²) in [5.41, 5.74) is 1.85. The predicted molar refractivity (Wildman–Crippen MR) is 164 cm³/mol. The molecule has 0 heterocycles. The van der Waals surface area contributed by atoms with Crippen LogP contribution in [0.15, 0.2) is 58.1 Å². The Balaban J connectivity index is 1.71. The van der Waals surface area contributed by atoms with Crippen LogP contribution in [0.25, 0.3) is 0 Å². The third kappa shape index (κ3) is 4.40. The molecule has 0 aromatic heterocycles. The number of aliphatic hydroxyl groups is 2. The fourth-order valence-electron chi connectivity index (χ4n) is 7.42. The predicted octanol–water partition coefficient (Wildman–Crippen LogP) is 2.27. The first-order valence-electron chi connectivity index (χ1n) is 14.2. The molecule has 0 radical (unpaired) electrons. The zero-order valence-electron chi connectivity index (χ0n) is 25.5. The van der Waals surface area contributed by atoms with Crippen molar-refractivity contribution in [3.05, 3.63) is 80.1 Å². The number of likely N-dealkylation sites (N-methyl/N-ethyl adjacent to an activating group) is 1. The van der Waals surface area contributed by atoms with Crippen LogP contribution in [0.4, 0.5) is 11.4 Å². The van der Waals surface area contributed by atoms with Gasteiger partial charge in [0, 0.05) is 37.3 Å². The number of aliphatic hydroxyl groups excluding tert-OH is 1. The maximum Gasteiger partial charge on any atom is 0.255 e. The summed E-state index contributed by atoms with van der Waals surface area (Å²) in [5, 5.41) is 50.3. The normalized spacial score (nSPS) is 25.7. The van der Waals surface area contributed by atoms with E-state index in [9.17, 15) is 34.6 Å². The van der Waals surface area contributed by atoms with Crippen LogP contribution in [-0.4, -0.2) is 77.5 Å². The number of carbonyl (C=O) groups is 3. The Morgan fingerprint density at radius 2 is 1.82 bits per heavy atom. The van der Waals surface area contributed by atoms with E-state index in [4.69, 9.17) is 11.0 Å². The molecule has 3 aliphatic carbocycles. The van der Waals surface area contributed by atoms with Gasteiger partial charge in [0.1, 0.15) is 22.8 Å². The van der Waals surface area contributed by atoms with Gasteiger partial charge >= 0.3 is 0 Å². The first-order chi connectivity index (χ1) is 21.1. The van der Waals surface area contributed by atoms with Crippen LogP contribution in [-0.2, 0) is 22.6 Å². The van der Waals surface area contributed by atoms with Gasteiger partial charge in [0.2, 0.25) is 0 Å². The van der Waals surface area contributed by atoms with Crippen molar-refractivity contribution in [2.75, 3.05) is 38.4 Å². The van der Waals surface area contributed by atoms with Crippen LogP contribution in [0.1, 0.15) is 40.4 Å². The van der Waals surface area contributed by atoms with E-state index in [1.807, 2.05) is 0 Å². The average Bonchev–Trinajstić information content (AvgIpc) is 2.96. The fourth-order valence-corrected chi connectivity index (χ4v) is 7.42. The lowest BCUT2D eigenvalue weighted by molar-refractivity contribution is -0.148. The summed E-state index contributed by atoms with van der Waals surface area (Å²) >= 11 is 0. The number of allylic oxidation sites excluding steroid dienone is 1. The number of nitroso groups, excluding NO2 is 1. The van der Waals surface area contributed by atoms with E-state index in [0.29, 0.717) is 16.8 Å². The lowest BCUT2D eigenvalue weighted by Crippen LogP contribution is -2.68. The van der Waals surface area contributed by atoms with Gasteiger partial charge in [0.25, 0.3) is 5.91 Å². The number of ketones is 2. The Kier molecular flexibility index (Phi) is 7.55. The molecule has 2 aromatic carbocycles. The van der Waals surface area contributed by atoms with Crippen molar-refractivity contribution >= 4 is 28.8 Å². The lowest BCUT2D eigenvalue weighted by atomic mass is 9.51. The topological polar surface area (TPSA) is 210 Å². The molecule has 5 rings (SSSR count). The third-order valence-electron chi connectivity index (χ3n) is 9.39. The Morgan fingerprint density at radius 1 is 1.18 bits per heavy atom. The van der Waals surface area contributed by atoms with E-state index < -0.39 is 57.5 Å². The van der Waals surface area contributed by atoms with Gasteiger partial charge in [0.15, 0.2) is 17.2 Å². The van der Waals surface area contributed by atoms with E-state index in [0.717, 1.165) is 5.56 Å². The first-order valence-corrected chi connectivity index (χ1v) is 14.2. The minimum atomic E-state index is -2.72. The van der Waals surface area contributed by atoms with Crippen LogP contribution in [0, 0.1) is 27.6 Å². The quantitative estimate of drug-likeness (QED) is 0.173. The molecule has 6 N–H and O–H groups in total. The van der Waals surface area contributed by atoms with Crippen molar-refractivity contribution in [1.29, 1.82) is 5.26 Å². The highest BCUT2D eigenvalue weighted by Gasteiger charge is 2.69. The van der Waals surface area contributed by atoms with Crippen LogP contribution in [0.3, 0.4) is 0 Å². The summed E-state index contributed by atoms with van der Waals surface area (Å²) in [7, 11) is 6.67. The van der Waals surface area contributed by atoms with Crippen molar-refractivity contribution in [3.8, 4) is 11.8 Å². The monoisotopic (exact) mass is 614 g/mol. The Hall–Kier alpha value is -5.06. The molecule has 0 saturated heterocycles. The van der Waals surface area contributed by atoms with Crippen molar-refractivity contribution < 1.29 is 29.7 Å². The van der Waals surface area contributed by atoms with E-state index in [1.54, 1.807) is 63.4 Å². The maximum absolute atomic E-state index is 14.4. The molecule has 13 heteroatoms. The van der Waals surface area contributed by atoms with E-state index in [2.05, 4.69) is 16.6 Å². The zero-order valence-corrected chi connectivity index (χ0v) is 25.5. The highest BCUT2D eigenvalue weighted by atomic mass is 16.3. The molecule has 45 heavy (non-hydrogen) atoms. The number of hydrogen-bond acceptors (Lipinski definition) is 12. The number of anilines is 2. The Labute approximate surface area is 259 Å². The Morgan fingerprint density at radius 3 is 2.36 bits per heavy atom. The SMILES string of the molecule is CN(C)c1cc(NCc2ccc(C#N)cc2)c(O)c2c1C[C@H]1C[C@@]3(C)[C@H](N(C)C)C(=O)C(C(N)=O)=C(O)[C@@]3(O)C(N=O)=C1C2=O. The third-order valence-corrected chi connectivity index (χ3v) is 9.39. The van der Waals surface area contributed by atoms with Gasteiger partial charge in [-0.15, -0.1) is 4.91 Å². The number of nitriles is 1. The smallest absolute Gasteiger partial charge is 0.255 e. The molecule has 0 fully saturated rings. The number of Topliss-reactive ketones (excluding diaryl/α,β-unsaturated/α-hetero) is 2. The number of nitrogens with two attached hydrogens (primary N) is 1. The second-order valence-electron chi connectivity index (χ2n) is 12.4. The van der Waals surface area contributed by atoms with Crippen LogP contribution >= 0.6 is 0 Å². The molecule has 0 spiro atoms. The van der Waals surface area contributed by atoms with Crippen molar-refractivity contribution in [3.63, 3.8) is 0 Å². The Bertz CT molecular complexity index is 1770. The molecular formula is C32H34N6O7. The molecule has 1 amide bonds. The van der Waals surface area contributed by atoms with Gasteiger partial charge in [0.05, 0.1) is 28.9 Å². The van der Waals surface area contributed by atoms with Crippen LogP contribution < -0.4 is 16.0 Å². The summed E-state index contributed by atoms with van der Waals surface area (Å²) in [6.45, 7) is 1.75. The largest absolute Gasteiger partial charge is 0.508 e. The molecule has 0 aliphatic heterocycles. The molecule has 234 valence electrons. The summed E-state index contributed by atoms with van der Waals surface area (Å²) in [4.78, 5) is 56.1. The zero-order chi connectivity index (χ0) is 33.2. The summed E-state index contributed by atoms with van der Waals surface area (Å²) in [5.74, 6) is -5.15.